The van der Waals surface area contributed by atoms with Crippen LogP contribution in [0.4, 0.5) is 5.69 Å². The first kappa shape index (κ1) is 14.6. The van der Waals surface area contributed by atoms with E-state index in [9.17, 15) is 0 Å². The Bertz CT molecular complexity index is 874. The quantitative estimate of drug-likeness (QED) is 0.499. The van der Waals surface area contributed by atoms with Gasteiger partial charge in [-0.15, -0.1) is 0 Å². The lowest BCUT2D eigenvalue weighted by Gasteiger charge is -2.04. The molecular formula is C16H17N7. The minimum absolute atomic E-state index is 0.0148. The zero-order valence-electron chi connectivity index (χ0n) is 12.4. The molecular weight excluding hydrogens is 290 g/mol. The second kappa shape index (κ2) is 6.18. The van der Waals surface area contributed by atoms with Gasteiger partial charge in [0, 0.05) is 5.39 Å². The molecule has 1 aromatic heterocycles. The SMILES string of the molecule is NC(N)=NC(N)=Nc1ccc2c(cnn2Cc2ccccc2)c1. The van der Waals surface area contributed by atoms with Crippen molar-refractivity contribution in [1.82, 2.24) is 9.78 Å². The van der Waals surface area contributed by atoms with E-state index in [2.05, 4.69) is 27.2 Å². The molecule has 6 N–H and O–H groups in total. The molecule has 3 aromatic rings. The van der Waals surface area contributed by atoms with E-state index in [1.54, 1.807) is 6.20 Å². The highest BCUT2D eigenvalue weighted by molar-refractivity contribution is 5.94. The lowest BCUT2D eigenvalue weighted by atomic mass is 10.2. The highest BCUT2D eigenvalue weighted by atomic mass is 15.3. The smallest absolute Gasteiger partial charge is 0.223 e. The minimum atomic E-state index is -0.122. The molecule has 0 aliphatic heterocycles. The maximum absolute atomic E-state index is 5.64. The Hall–Kier alpha value is -3.35. The molecule has 23 heavy (non-hydrogen) atoms. The Balaban J connectivity index is 1.90. The molecule has 0 fully saturated rings. The summed E-state index contributed by atoms with van der Waals surface area (Å²) in [6.45, 7) is 0.711. The number of nitrogens with two attached hydrogens (primary N) is 3. The summed E-state index contributed by atoms with van der Waals surface area (Å²) in [5.74, 6) is -0.107. The predicted molar refractivity (Wildman–Crippen MR) is 92.4 cm³/mol. The van der Waals surface area contributed by atoms with Crippen LogP contribution in [0.5, 0.6) is 0 Å². The Morgan fingerprint density at radius 3 is 2.57 bits per heavy atom. The maximum atomic E-state index is 5.64. The molecule has 7 nitrogen and oxygen atoms in total. The zero-order valence-corrected chi connectivity index (χ0v) is 12.4. The molecule has 0 radical (unpaired) electrons. The first-order valence-corrected chi connectivity index (χ1v) is 7.05. The zero-order chi connectivity index (χ0) is 16.2. The van der Waals surface area contributed by atoms with E-state index in [-0.39, 0.29) is 11.9 Å². The Kier molecular flexibility index (Phi) is 3.92. The summed E-state index contributed by atoms with van der Waals surface area (Å²) in [6, 6.07) is 15.9. The van der Waals surface area contributed by atoms with E-state index in [1.807, 2.05) is 41.1 Å². The van der Waals surface area contributed by atoms with Gasteiger partial charge in [0.25, 0.3) is 0 Å². The summed E-state index contributed by atoms with van der Waals surface area (Å²) in [5, 5.41) is 5.40. The Morgan fingerprint density at radius 2 is 1.83 bits per heavy atom. The molecule has 2 aromatic carbocycles. The van der Waals surface area contributed by atoms with E-state index in [0.29, 0.717) is 12.2 Å². The molecule has 0 saturated heterocycles. The van der Waals surface area contributed by atoms with Gasteiger partial charge in [-0.05, 0) is 23.8 Å². The number of aromatic nitrogens is 2. The molecule has 3 rings (SSSR count). The van der Waals surface area contributed by atoms with Crippen molar-refractivity contribution in [3.05, 3.63) is 60.3 Å². The van der Waals surface area contributed by atoms with Crippen molar-refractivity contribution in [2.45, 2.75) is 6.54 Å². The van der Waals surface area contributed by atoms with Gasteiger partial charge in [-0.2, -0.15) is 10.1 Å². The van der Waals surface area contributed by atoms with Crippen molar-refractivity contribution in [3.63, 3.8) is 0 Å². The first-order valence-electron chi connectivity index (χ1n) is 7.05. The van der Waals surface area contributed by atoms with E-state index in [0.717, 1.165) is 10.9 Å². The van der Waals surface area contributed by atoms with Crippen LogP contribution in [0.3, 0.4) is 0 Å². The van der Waals surface area contributed by atoms with Crippen molar-refractivity contribution >= 4 is 28.5 Å². The van der Waals surface area contributed by atoms with Gasteiger partial charge in [0.2, 0.25) is 5.96 Å². The molecule has 0 atom stereocenters. The number of fused-ring (bicyclic) bond motifs is 1. The predicted octanol–water partition coefficient (Wildman–Crippen LogP) is 1.30. The molecule has 0 spiro atoms. The van der Waals surface area contributed by atoms with Crippen molar-refractivity contribution in [2.75, 3.05) is 0 Å². The molecule has 0 saturated carbocycles. The van der Waals surface area contributed by atoms with Crippen LogP contribution in [-0.4, -0.2) is 21.7 Å². The van der Waals surface area contributed by atoms with Crippen LogP contribution in [0, 0.1) is 0 Å². The third kappa shape index (κ3) is 3.46. The van der Waals surface area contributed by atoms with Crippen LogP contribution in [-0.2, 0) is 6.54 Å². The number of rotatable bonds is 3. The second-order valence-corrected chi connectivity index (χ2v) is 5.04. The normalized spacial score (nSPS) is 11.6. The fourth-order valence-corrected chi connectivity index (χ4v) is 2.32. The van der Waals surface area contributed by atoms with Crippen molar-refractivity contribution in [2.24, 2.45) is 27.2 Å². The highest BCUT2D eigenvalue weighted by Gasteiger charge is 2.04. The summed E-state index contributed by atoms with van der Waals surface area (Å²) < 4.78 is 1.94. The maximum Gasteiger partial charge on any atom is 0.223 e. The lowest BCUT2D eigenvalue weighted by Crippen LogP contribution is -2.26. The van der Waals surface area contributed by atoms with Gasteiger partial charge in [-0.3, -0.25) is 4.68 Å². The summed E-state index contributed by atoms with van der Waals surface area (Å²) in [5.41, 5.74) is 19.1. The van der Waals surface area contributed by atoms with Gasteiger partial charge >= 0.3 is 0 Å². The molecule has 7 heteroatoms. The fourth-order valence-electron chi connectivity index (χ4n) is 2.32. The third-order valence-electron chi connectivity index (χ3n) is 3.29. The van der Waals surface area contributed by atoms with Crippen molar-refractivity contribution < 1.29 is 0 Å². The van der Waals surface area contributed by atoms with Crippen LogP contribution >= 0.6 is 0 Å². The Labute approximate surface area is 133 Å². The topological polar surface area (TPSA) is 121 Å². The van der Waals surface area contributed by atoms with Gasteiger partial charge < -0.3 is 17.2 Å². The fraction of sp³-hybridized carbons (Fsp3) is 0.0625. The molecule has 0 amide bonds. The summed E-state index contributed by atoms with van der Waals surface area (Å²) >= 11 is 0. The van der Waals surface area contributed by atoms with Gasteiger partial charge in [0.15, 0.2) is 5.96 Å². The molecule has 1 heterocycles. The van der Waals surface area contributed by atoms with E-state index >= 15 is 0 Å². The highest BCUT2D eigenvalue weighted by Crippen LogP contribution is 2.21. The van der Waals surface area contributed by atoms with Crippen LogP contribution in [0.25, 0.3) is 10.9 Å². The van der Waals surface area contributed by atoms with Gasteiger partial charge in [0.05, 0.1) is 23.9 Å². The van der Waals surface area contributed by atoms with Crippen LogP contribution in [0.15, 0.2) is 64.7 Å². The van der Waals surface area contributed by atoms with E-state index < -0.39 is 0 Å². The third-order valence-corrected chi connectivity index (χ3v) is 3.29. The van der Waals surface area contributed by atoms with Crippen LogP contribution < -0.4 is 17.2 Å². The van der Waals surface area contributed by atoms with Gasteiger partial charge in [-0.25, -0.2) is 4.99 Å². The monoisotopic (exact) mass is 307 g/mol. The summed E-state index contributed by atoms with van der Waals surface area (Å²) in [6.07, 6.45) is 1.80. The number of nitrogens with zero attached hydrogens (tertiary/aromatic N) is 4. The lowest BCUT2D eigenvalue weighted by molar-refractivity contribution is 0.712. The minimum Gasteiger partial charge on any atom is -0.370 e. The van der Waals surface area contributed by atoms with Gasteiger partial charge in [-0.1, -0.05) is 30.3 Å². The average molecular weight is 307 g/mol. The van der Waals surface area contributed by atoms with Gasteiger partial charge in [0.1, 0.15) is 0 Å². The first-order chi connectivity index (χ1) is 11.1. The summed E-state index contributed by atoms with van der Waals surface area (Å²) in [7, 11) is 0. The number of aliphatic imine (C=N–C) groups is 2. The molecule has 0 bridgehead atoms. The van der Waals surface area contributed by atoms with Crippen molar-refractivity contribution in [3.8, 4) is 0 Å². The number of hydrogen-bond donors (Lipinski definition) is 3. The second-order valence-electron chi connectivity index (χ2n) is 5.04. The summed E-state index contributed by atoms with van der Waals surface area (Å²) in [4.78, 5) is 7.85. The van der Waals surface area contributed by atoms with Crippen LogP contribution in [0.2, 0.25) is 0 Å². The number of hydrogen-bond acceptors (Lipinski definition) is 2. The molecule has 0 unspecified atom stereocenters. The number of benzene rings is 2. The molecule has 0 aliphatic carbocycles. The van der Waals surface area contributed by atoms with E-state index in [4.69, 9.17) is 17.2 Å². The molecule has 116 valence electrons. The molecule has 0 aliphatic rings. The number of guanidine groups is 2. The standard InChI is InChI=1S/C16H17N7/c17-15(18)22-16(19)21-13-6-7-14-12(8-13)9-20-23(14)10-11-4-2-1-3-5-11/h1-9H,10H2,(H6,17,18,19,21,22). The van der Waals surface area contributed by atoms with Crippen LogP contribution in [0.1, 0.15) is 5.56 Å². The largest absolute Gasteiger partial charge is 0.370 e. The van der Waals surface area contributed by atoms with E-state index in [1.165, 1.54) is 5.56 Å². The Morgan fingerprint density at radius 1 is 1.04 bits per heavy atom. The van der Waals surface area contributed by atoms with Crippen molar-refractivity contribution in [1.29, 1.82) is 0 Å². The average Bonchev–Trinajstić information content (AvgIpc) is 2.90.